The molecule has 0 radical (unpaired) electrons. The Morgan fingerprint density at radius 3 is 2.33 bits per heavy atom. The summed E-state index contributed by atoms with van der Waals surface area (Å²) < 4.78 is 23.1. The van der Waals surface area contributed by atoms with E-state index in [-0.39, 0.29) is 4.90 Å². The van der Waals surface area contributed by atoms with Gasteiger partial charge in [0.25, 0.3) is 9.05 Å². The van der Waals surface area contributed by atoms with Crippen molar-refractivity contribution in [3.8, 4) is 0 Å². The van der Waals surface area contributed by atoms with Crippen LogP contribution in [0.15, 0.2) is 27.6 Å². The van der Waals surface area contributed by atoms with Crippen molar-refractivity contribution in [1.82, 2.24) is 0 Å². The SMILES string of the molecule is O=S(=O)(Cl)c1c(Br)cccc1I. The average Bonchev–Trinajstić information content (AvgIpc) is 1.82. The van der Waals surface area contributed by atoms with Gasteiger partial charge in [0.1, 0.15) is 4.90 Å². The molecule has 0 fully saturated rings. The molecule has 0 heterocycles. The summed E-state index contributed by atoms with van der Waals surface area (Å²) in [7, 11) is 1.56. The Balaban J connectivity index is 3.53. The van der Waals surface area contributed by atoms with Gasteiger partial charge in [0.2, 0.25) is 0 Å². The zero-order chi connectivity index (χ0) is 9.35. The van der Waals surface area contributed by atoms with Crippen molar-refractivity contribution < 1.29 is 8.42 Å². The van der Waals surface area contributed by atoms with E-state index in [1.165, 1.54) is 0 Å². The Kier molecular flexibility index (Phi) is 3.41. The smallest absolute Gasteiger partial charge is 0.207 e. The van der Waals surface area contributed by atoms with Crippen LogP contribution in [0.2, 0.25) is 0 Å². The van der Waals surface area contributed by atoms with Gasteiger partial charge in [-0.2, -0.15) is 0 Å². The first kappa shape index (κ1) is 10.7. The van der Waals surface area contributed by atoms with Crippen LogP contribution in [0.25, 0.3) is 0 Å². The number of halogens is 3. The highest BCUT2D eigenvalue weighted by Crippen LogP contribution is 2.29. The van der Waals surface area contributed by atoms with Gasteiger partial charge in [0.05, 0.1) is 0 Å². The van der Waals surface area contributed by atoms with Crippen LogP contribution in [0.3, 0.4) is 0 Å². The fourth-order valence-corrected chi connectivity index (χ4v) is 5.23. The van der Waals surface area contributed by atoms with Crippen LogP contribution in [0, 0.1) is 3.57 Å². The maximum absolute atomic E-state index is 11.0. The zero-order valence-corrected chi connectivity index (χ0v) is 10.9. The molecule has 0 amide bonds. The fraction of sp³-hybridized carbons (Fsp3) is 0. The molecule has 0 bridgehead atoms. The Morgan fingerprint density at radius 1 is 1.42 bits per heavy atom. The number of rotatable bonds is 1. The van der Waals surface area contributed by atoms with Gasteiger partial charge in [-0.25, -0.2) is 8.42 Å². The van der Waals surface area contributed by atoms with Gasteiger partial charge in [0, 0.05) is 18.7 Å². The molecule has 66 valence electrons. The molecular formula is C6H3BrClIO2S. The minimum absolute atomic E-state index is 0.132. The molecule has 0 spiro atoms. The van der Waals surface area contributed by atoms with Crippen LogP contribution in [-0.4, -0.2) is 8.42 Å². The van der Waals surface area contributed by atoms with E-state index in [2.05, 4.69) is 15.9 Å². The lowest BCUT2D eigenvalue weighted by molar-refractivity contribution is 0.608. The van der Waals surface area contributed by atoms with E-state index in [0.29, 0.717) is 8.04 Å². The van der Waals surface area contributed by atoms with E-state index < -0.39 is 9.05 Å². The Hall–Kier alpha value is 0.670. The third-order valence-corrected chi connectivity index (χ3v) is 4.74. The molecule has 2 nitrogen and oxygen atoms in total. The Morgan fingerprint density at radius 2 is 2.00 bits per heavy atom. The minimum Gasteiger partial charge on any atom is -0.207 e. The van der Waals surface area contributed by atoms with Gasteiger partial charge in [0.15, 0.2) is 0 Å². The standard InChI is InChI=1S/C6H3BrClIO2S/c7-4-2-1-3-5(9)6(4)12(8,10)11/h1-3H. The molecule has 0 saturated heterocycles. The largest absolute Gasteiger partial charge is 0.263 e. The molecule has 0 unspecified atom stereocenters. The lowest BCUT2D eigenvalue weighted by atomic mass is 10.4. The molecule has 0 aliphatic rings. The number of hydrogen-bond acceptors (Lipinski definition) is 2. The van der Waals surface area contributed by atoms with Crippen LogP contribution in [-0.2, 0) is 9.05 Å². The first-order valence-electron chi connectivity index (χ1n) is 2.81. The van der Waals surface area contributed by atoms with Crippen molar-refractivity contribution in [1.29, 1.82) is 0 Å². The highest BCUT2D eigenvalue weighted by Gasteiger charge is 2.17. The highest BCUT2D eigenvalue weighted by atomic mass is 127. The predicted molar refractivity (Wildman–Crippen MR) is 59.9 cm³/mol. The fourth-order valence-electron chi connectivity index (χ4n) is 0.715. The summed E-state index contributed by atoms with van der Waals surface area (Å²) in [5.41, 5.74) is 0. The molecule has 0 aliphatic carbocycles. The van der Waals surface area contributed by atoms with Crippen molar-refractivity contribution >= 4 is 58.3 Å². The Labute approximate surface area is 97.0 Å². The summed E-state index contributed by atoms with van der Waals surface area (Å²) in [6, 6.07) is 5.06. The second-order valence-corrected chi connectivity index (χ2v) is 6.51. The zero-order valence-electron chi connectivity index (χ0n) is 5.59. The van der Waals surface area contributed by atoms with Gasteiger partial charge in [-0.15, -0.1) is 0 Å². The first-order valence-corrected chi connectivity index (χ1v) is 6.99. The summed E-state index contributed by atoms with van der Waals surface area (Å²) in [4.78, 5) is 0.132. The molecule has 6 heteroatoms. The molecule has 0 aliphatic heterocycles. The normalized spacial score (nSPS) is 11.6. The van der Waals surface area contributed by atoms with Crippen molar-refractivity contribution in [2.45, 2.75) is 4.90 Å². The molecule has 1 aromatic carbocycles. The summed E-state index contributed by atoms with van der Waals surface area (Å²) in [5, 5.41) is 0. The van der Waals surface area contributed by atoms with Crippen molar-refractivity contribution in [2.75, 3.05) is 0 Å². The van der Waals surface area contributed by atoms with E-state index in [0.717, 1.165) is 0 Å². The van der Waals surface area contributed by atoms with Gasteiger partial charge < -0.3 is 0 Å². The molecule has 0 atom stereocenters. The summed E-state index contributed by atoms with van der Waals surface area (Å²) in [6.45, 7) is 0. The summed E-state index contributed by atoms with van der Waals surface area (Å²) in [6.07, 6.45) is 0. The predicted octanol–water partition coefficient (Wildman–Crippen LogP) is 2.98. The third kappa shape index (κ3) is 2.34. The molecule has 12 heavy (non-hydrogen) atoms. The van der Waals surface area contributed by atoms with E-state index >= 15 is 0 Å². The van der Waals surface area contributed by atoms with Crippen molar-refractivity contribution in [3.63, 3.8) is 0 Å². The van der Waals surface area contributed by atoms with Crippen molar-refractivity contribution in [2.24, 2.45) is 0 Å². The maximum Gasteiger partial charge on any atom is 0.263 e. The van der Waals surface area contributed by atoms with Crippen LogP contribution >= 0.6 is 49.2 Å². The van der Waals surface area contributed by atoms with E-state index in [1.807, 2.05) is 22.6 Å². The first-order chi connectivity index (χ1) is 5.43. The van der Waals surface area contributed by atoms with Gasteiger partial charge in [-0.1, -0.05) is 6.07 Å². The topological polar surface area (TPSA) is 34.1 Å². The molecule has 0 N–H and O–H groups in total. The maximum atomic E-state index is 11.0. The number of hydrogen-bond donors (Lipinski definition) is 0. The average molecular weight is 381 g/mol. The second-order valence-electron chi connectivity index (χ2n) is 1.99. The highest BCUT2D eigenvalue weighted by molar-refractivity contribution is 14.1. The lowest BCUT2D eigenvalue weighted by Crippen LogP contribution is -1.95. The lowest BCUT2D eigenvalue weighted by Gasteiger charge is -2.01. The van der Waals surface area contributed by atoms with Gasteiger partial charge in [-0.3, -0.25) is 0 Å². The molecular weight excluding hydrogens is 378 g/mol. The van der Waals surface area contributed by atoms with Gasteiger partial charge >= 0.3 is 0 Å². The monoisotopic (exact) mass is 380 g/mol. The second kappa shape index (κ2) is 3.81. The molecule has 1 rings (SSSR count). The number of benzene rings is 1. The van der Waals surface area contributed by atoms with Gasteiger partial charge in [-0.05, 0) is 50.7 Å². The van der Waals surface area contributed by atoms with E-state index in [4.69, 9.17) is 10.7 Å². The van der Waals surface area contributed by atoms with Crippen molar-refractivity contribution in [3.05, 3.63) is 26.2 Å². The quantitative estimate of drug-likeness (QED) is 0.554. The van der Waals surface area contributed by atoms with Crippen LogP contribution in [0.4, 0.5) is 0 Å². The van der Waals surface area contributed by atoms with Crippen LogP contribution < -0.4 is 0 Å². The van der Waals surface area contributed by atoms with Crippen LogP contribution in [0.1, 0.15) is 0 Å². The van der Waals surface area contributed by atoms with E-state index in [9.17, 15) is 8.42 Å². The molecule has 1 aromatic rings. The third-order valence-electron chi connectivity index (χ3n) is 1.16. The summed E-state index contributed by atoms with van der Waals surface area (Å²) in [5.74, 6) is 0. The molecule has 0 aromatic heterocycles. The minimum atomic E-state index is -3.65. The molecule has 0 saturated carbocycles. The Bertz CT molecular complexity index is 384. The van der Waals surface area contributed by atoms with Crippen LogP contribution in [0.5, 0.6) is 0 Å². The van der Waals surface area contributed by atoms with E-state index in [1.54, 1.807) is 18.2 Å². The summed E-state index contributed by atoms with van der Waals surface area (Å²) >= 11 is 5.03.